The number of fused-ring (bicyclic) bond motifs is 1. The van der Waals surface area contributed by atoms with E-state index >= 15 is 0 Å². The molecule has 7 nitrogen and oxygen atoms in total. The Kier molecular flexibility index (Phi) is 3.92. The van der Waals surface area contributed by atoms with Gasteiger partial charge in [-0.2, -0.15) is 10.1 Å². The average molecular weight is 328 g/mol. The molecule has 7 heteroatoms. The Morgan fingerprint density at radius 1 is 1.25 bits per heavy atom. The van der Waals surface area contributed by atoms with Gasteiger partial charge in [0.2, 0.25) is 6.10 Å². The van der Waals surface area contributed by atoms with E-state index < -0.39 is 23.9 Å². The van der Waals surface area contributed by atoms with Crippen LogP contribution in [0.1, 0.15) is 31.1 Å². The van der Waals surface area contributed by atoms with Crippen molar-refractivity contribution < 1.29 is 23.9 Å². The Hall–Kier alpha value is -2.96. The van der Waals surface area contributed by atoms with Crippen molar-refractivity contribution in [2.45, 2.75) is 33.0 Å². The van der Waals surface area contributed by atoms with E-state index in [0.717, 1.165) is 0 Å². The predicted octanol–water partition coefficient (Wildman–Crippen LogP) is 1.83. The Balaban J connectivity index is 1.83. The van der Waals surface area contributed by atoms with Gasteiger partial charge in [0.25, 0.3) is 5.91 Å². The van der Waals surface area contributed by atoms with Gasteiger partial charge in [-0.25, -0.2) is 9.59 Å². The zero-order valence-corrected chi connectivity index (χ0v) is 13.5. The van der Waals surface area contributed by atoms with E-state index in [1.807, 2.05) is 0 Å². The quantitative estimate of drug-likeness (QED) is 0.790. The summed E-state index contributed by atoms with van der Waals surface area (Å²) in [4.78, 5) is 35.7. The molecular formula is C17H16N2O5. The number of nitrogens with zero attached hydrogens (tertiary/aromatic N) is 2. The zero-order chi connectivity index (χ0) is 17.4. The Labute approximate surface area is 138 Å². The lowest BCUT2D eigenvalue weighted by molar-refractivity contribution is -0.146. The van der Waals surface area contributed by atoms with E-state index in [1.165, 1.54) is 11.1 Å². The molecule has 124 valence electrons. The molecule has 2 heterocycles. The zero-order valence-electron chi connectivity index (χ0n) is 13.5. The molecule has 3 rings (SSSR count). The van der Waals surface area contributed by atoms with E-state index in [4.69, 9.17) is 9.47 Å². The van der Waals surface area contributed by atoms with Crippen molar-refractivity contribution in [2.24, 2.45) is 5.10 Å². The Bertz CT molecular complexity index is 777. The number of benzene rings is 1. The van der Waals surface area contributed by atoms with E-state index in [1.54, 1.807) is 45.0 Å². The molecule has 1 aromatic carbocycles. The van der Waals surface area contributed by atoms with Crippen LogP contribution in [0.3, 0.4) is 0 Å². The number of hydrogen-bond acceptors (Lipinski definition) is 6. The monoisotopic (exact) mass is 328 g/mol. The molecule has 1 unspecified atom stereocenters. The number of rotatable bonds is 3. The average Bonchev–Trinajstić information content (AvgIpc) is 2.84. The molecule has 0 spiro atoms. The number of esters is 2. The number of ether oxygens (including phenoxy) is 2. The van der Waals surface area contributed by atoms with E-state index in [2.05, 4.69) is 5.10 Å². The standard InChI is InChI=1S/C17H16N2O5/c1-9(2)23-17(22)11-4-6-12(7-5-11)19-16(21)15-14(18-19)10(3)8-13(20)24-15/h4-9,15H,1-3H3. The van der Waals surface area contributed by atoms with E-state index in [0.29, 0.717) is 22.5 Å². The van der Waals surface area contributed by atoms with Crippen LogP contribution in [0.2, 0.25) is 0 Å². The van der Waals surface area contributed by atoms with Crippen molar-refractivity contribution in [2.75, 3.05) is 5.01 Å². The summed E-state index contributed by atoms with van der Waals surface area (Å²) in [5.74, 6) is -1.43. The molecule has 1 atom stereocenters. The summed E-state index contributed by atoms with van der Waals surface area (Å²) < 4.78 is 10.2. The number of hydrogen-bond donors (Lipinski definition) is 0. The van der Waals surface area contributed by atoms with Crippen LogP contribution in [0.25, 0.3) is 0 Å². The molecule has 0 aromatic heterocycles. The highest BCUT2D eigenvalue weighted by molar-refractivity contribution is 6.26. The lowest BCUT2D eigenvalue weighted by Gasteiger charge is -2.17. The maximum atomic E-state index is 12.4. The summed E-state index contributed by atoms with van der Waals surface area (Å²) in [6, 6.07) is 6.31. The molecule has 0 fully saturated rings. The minimum atomic E-state index is -1.01. The second-order valence-electron chi connectivity index (χ2n) is 5.78. The summed E-state index contributed by atoms with van der Waals surface area (Å²) in [6.07, 6.45) is 0.0846. The van der Waals surface area contributed by atoms with Crippen LogP contribution in [0.4, 0.5) is 5.69 Å². The van der Waals surface area contributed by atoms with Gasteiger partial charge in [-0.1, -0.05) is 0 Å². The number of anilines is 1. The van der Waals surface area contributed by atoms with Crippen molar-refractivity contribution in [1.82, 2.24) is 0 Å². The summed E-state index contributed by atoms with van der Waals surface area (Å²) in [5, 5.41) is 5.41. The third-order valence-electron chi connectivity index (χ3n) is 3.55. The van der Waals surface area contributed by atoms with Crippen molar-refractivity contribution >= 4 is 29.2 Å². The lowest BCUT2D eigenvalue weighted by Crippen LogP contribution is -2.38. The second-order valence-corrected chi connectivity index (χ2v) is 5.78. The predicted molar refractivity (Wildman–Crippen MR) is 85.6 cm³/mol. The minimum Gasteiger partial charge on any atom is -0.459 e. The summed E-state index contributed by atoms with van der Waals surface area (Å²) in [6.45, 7) is 5.24. The van der Waals surface area contributed by atoms with Crippen LogP contribution >= 0.6 is 0 Å². The first-order valence-corrected chi connectivity index (χ1v) is 7.49. The molecule has 0 N–H and O–H groups in total. The molecule has 0 saturated carbocycles. The molecule has 0 saturated heterocycles. The Morgan fingerprint density at radius 3 is 2.54 bits per heavy atom. The lowest BCUT2D eigenvalue weighted by atomic mass is 10.0. The van der Waals surface area contributed by atoms with Gasteiger partial charge in [0, 0.05) is 6.08 Å². The fourth-order valence-corrected chi connectivity index (χ4v) is 2.44. The highest BCUT2D eigenvalue weighted by Gasteiger charge is 2.42. The first kappa shape index (κ1) is 15.9. The van der Waals surface area contributed by atoms with Crippen LogP contribution in [-0.4, -0.2) is 35.8 Å². The largest absolute Gasteiger partial charge is 0.459 e. The highest BCUT2D eigenvalue weighted by Crippen LogP contribution is 2.27. The van der Waals surface area contributed by atoms with E-state index in [9.17, 15) is 14.4 Å². The minimum absolute atomic E-state index is 0.212. The summed E-state index contributed by atoms with van der Waals surface area (Å²) in [7, 11) is 0. The number of carbonyl (C=O) groups is 3. The maximum absolute atomic E-state index is 12.4. The van der Waals surface area contributed by atoms with E-state index in [-0.39, 0.29) is 6.10 Å². The fourth-order valence-electron chi connectivity index (χ4n) is 2.44. The van der Waals surface area contributed by atoms with Gasteiger partial charge >= 0.3 is 11.9 Å². The van der Waals surface area contributed by atoms with Crippen LogP contribution in [-0.2, 0) is 19.1 Å². The first-order chi connectivity index (χ1) is 11.4. The van der Waals surface area contributed by atoms with Crippen LogP contribution < -0.4 is 5.01 Å². The van der Waals surface area contributed by atoms with Gasteiger partial charge in [0.1, 0.15) is 5.71 Å². The molecule has 0 radical (unpaired) electrons. The second kappa shape index (κ2) is 5.92. The van der Waals surface area contributed by atoms with Crippen molar-refractivity contribution in [3.63, 3.8) is 0 Å². The highest BCUT2D eigenvalue weighted by atomic mass is 16.6. The molecule has 0 bridgehead atoms. The van der Waals surface area contributed by atoms with Gasteiger partial charge in [-0.3, -0.25) is 4.79 Å². The topological polar surface area (TPSA) is 85.3 Å². The normalized spacial score (nSPS) is 19.7. The molecule has 2 aliphatic heterocycles. The van der Waals surface area contributed by atoms with Crippen LogP contribution in [0, 0.1) is 0 Å². The summed E-state index contributed by atoms with van der Waals surface area (Å²) >= 11 is 0. The fraction of sp³-hybridized carbons (Fsp3) is 0.294. The molecular weight excluding hydrogens is 312 g/mol. The van der Waals surface area contributed by atoms with Crippen molar-refractivity contribution in [3.05, 3.63) is 41.5 Å². The van der Waals surface area contributed by atoms with Crippen LogP contribution in [0.5, 0.6) is 0 Å². The van der Waals surface area contributed by atoms with Gasteiger partial charge in [-0.05, 0) is 50.6 Å². The third kappa shape index (κ3) is 2.80. The molecule has 24 heavy (non-hydrogen) atoms. The smallest absolute Gasteiger partial charge is 0.338 e. The Morgan fingerprint density at radius 2 is 1.92 bits per heavy atom. The summed E-state index contributed by atoms with van der Waals surface area (Å²) in [5.41, 5.74) is 1.88. The SMILES string of the molecule is CC1=CC(=O)OC2C(=O)N(c3ccc(C(=O)OC(C)C)cc3)N=C12. The maximum Gasteiger partial charge on any atom is 0.338 e. The molecule has 2 aliphatic rings. The van der Waals surface area contributed by atoms with Gasteiger partial charge in [0.05, 0.1) is 17.4 Å². The number of carbonyl (C=O) groups excluding carboxylic acids is 3. The number of hydrazone groups is 1. The molecule has 0 aliphatic carbocycles. The van der Waals surface area contributed by atoms with Gasteiger partial charge in [-0.15, -0.1) is 0 Å². The first-order valence-electron chi connectivity index (χ1n) is 7.49. The molecule has 1 amide bonds. The van der Waals surface area contributed by atoms with Crippen LogP contribution in [0.15, 0.2) is 41.0 Å². The van der Waals surface area contributed by atoms with Crippen molar-refractivity contribution in [1.29, 1.82) is 0 Å². The third-order valence-corrected chi connectivity index (χ3v) is 3.55. The van der Waals surface area contributed by atoms with Gasteiger partial charge in [0.15, 0.2) is 0 Å². The molecule has 1 aromatic rings. The van der Waals surface area contributed by atoms with Crippen molar-refractivity contribution in [3.8, 4) is 0 Å². The van der Waals surface area contributed by atoms with Gasteiger partial charge < -0.3 is 9.47 Å². The number of amides is 1.